The van der Waals surface area contributed by atoms with Gasteiger partial charge in [0.2, 0.25) is 0 Å². The topological polar surface area (TPSA) is 105 Å². The van der Waals surface area contributed by atoms with Crippen LogP contribution < -0.4 is 11.1 Å². The molecule has 0 aliphatic carbocycles. The van der Waals surface area contributed by atoms with Crippen LogP contribution in [0.25, 0.3) is 0 Å². The summed E-state index contributed by atoms with van der Waals surface area (Å²) in [6.45, 7) is 11.6. The summed E-state index contributed by atoms with van der Waals surface area (Å²) in [5, 5.41) is 12.1. The number of alkyl carbamates (subject to hydrolysis) is 1. The molecule has 0 saturated carbocycles. The fraction of sp³-hybridized carbons (Fsp3) is 0.600. The van der Waals surface area contributed by atoms with Gasteiger partial charge in [0.1, 0.15) is 5.60 Å². The van der Waals surface area contributed by atoms with Gasteiger partial charge in [0.15, 0.2) is 0 Å². The van der Waals surface area contributed by atoms with Gasteiger partial charge in [0.25, 0.3) is 0 Å². The summed E-state index contributed by atoms with van der Waals surface area (Å²) in [7, 11) is 0. The maximum Gasteiger partial charge on any atom is 0.407 e. The van der Waals surface area contributed by atoms with E-state index in [1.54, 1.807) is 0 Å². The van der Waals surface area contributed by atoms with Crippen molar-refractivity contribution in [1.82, 2.24) is 10.2 Å². The van der Waals surface area contributed by atoms with Crippen LogP contribution in [0.3, 0.4) is 0 Å². The highest BCUT2D eigenvalue weighted by atomic mass is 16.6. The second-order valence-electron chi connectivity index (χ2n) is 8.70. The third-order valence-corrected chi connectivity index (χ3v) is 3.78. The maximum absolute atomic E-state index is 11.8. The van der Waals surface area contributed by atoms with E-state index in [-0.39, 0.29) is 12.6 Å². The van der Waals surface area contributed by atoms with Crippen molar-refractivity contribution in [2.24, 2.45) is 5.73 Å². The molecule has 0 spiro atoms. The Morgan fingerprint density at radius 2 is 1.78 bits per heavy atom. The number of rotatable bonds is 6. The molecule has 0 fully saturated rings. The molecular formula is C20H33N3O4. The molecule has 7 heteroatoms. The van der Waals surface area contributed by atoms with E-state index in [9.17, 15) is 14.7 Å². The largest absolute Gasteiger partial charge is 0.465 e. The normalized spacial score (nSPS) is 13.0. The molecule has 7 nitrogen and oxygen atoms in total. The number of carbonyl (C=O) groups is 2. The van der Waals surface area contributed by atoms with Crippen LogP contribution in [0.4, 0.5) is 9.59 Å². The number of carboxylic acid groups (broad SMARTS) is 1. The van der Waals surface area contributed by atoms with Gasteiger partial charge in [-0.25, -0.2) is 9.59 Å². The van der Waals surface area contributed by atoms with Crippen molar-refractivity contribution in [2.75, 3.05) is 6.54 Å². The number of hydrogen-bond acceptors (Lipinski definition) is 4. The van der Waals surface area contributed by atoms with Gasteiger partial charge in [-0.2, -0.15) is 0 Å². The van der Waals surface area contributed by atoms with Gasteiger partial charge >= 0.3 is 12.2 Å². The van der Waals surface area contributed by atoms with Gasteiger partial charge in [-0.3, -0.25) is 0 Å². The summed E-state index contributed by atoms with van der Waals surface area (Å²) in [6, 6.07) is 7.38. The Kier molecular flexibility index (Phi) is 7.65. The monoisotopic (exact) mass is 379 g/mol. The quantitative estimate of drug-likeness (QED) is 0.703. The average molecular weight is 380 g/mol. The lowest BCUT2D eigenvalue weighted by atomic mass is 10.0. The van der Waals surface area contributed by atoms with Gasteiger partial charge < -0.3 is 25.8 Å². The summed E-state index contributed by atoms with van der Waals surface area (Å²) < 4.78 is 5.22. The number of carbonyl (C=O) groups excluding carboxylic acids is 1. The smallest absolute Gasteiger partial charge is 0.407 e. The Morgan fingerprint density at radius 3 is 2.30 bits per heavy atom. The van der Waals surface area contributed by atoms with Gasteiger partial charge in [-0.05, 0) is 59.1 Å². The van der Waals surface area contributed by atoms with Crippen molar-refractivity contribution in [3.8, 4) is 0 Å². The Hall–Kier alpha value is -2.28. The van der Waals surface area contributed by atoms with Crippen LogP contribution in [0.2, 0.25) is 0 Å². The third kappa shape index (κ3) is 8.77. The first-order valence-corrected chi connectivity index (χ1v) is 9.09. The number of hydrogen-bond donors (Lipinski definition) is 3. The molecule has 0 unspecified atom stereocenters. The van der Waals surface area contributed by atoms with Crippen molar-refractivity contribution < 1.29 is 19.4 Å². The fourth-order valence-electron chi connectivity index (χ4n) is 2.60. The molecule has 0 bridgehead atoms. The van der Waals surface area contributed by atoms with Crippen LogP contribution in [0.15, 0.2) is 24.3 Å². The molecule has 27 heavy (non-hydrogen) atoms. The third-order valence-electron chi connectivity index (χ3n) is 3.78. The number of nitrogens with one attached hydrogen (secondary N) is 1. The zero-order chi connectivity index (χ0) is 20.8. The number of benzene rings is 1. The molecule has 0 radical (unpaired) electrons. The van der Waals surface area contributed by atoms with Gasteiger partial charge in [-0.1, -0.05) is 24.3 Å². The molecule has 1 aromatic rings. The molecule has 1 rings (SSSR count). The molecule has 2 amide bonds. The molecule has 0 aliphatic rings. The van der Waals surface area contributed by atoms with E-state index in [4.69, 9.17) is 10.5 Å². The van der Waals surface area contributed by atoms with E-state index < -0.39 is 23.3 Å². The molecule has 0 heterocycles. The highest BCUT2D eigenvalue weighted by molar-refractivity contribution is 5.67. The minimum atomic E-state index is -0.978. The predicted molar refractivity (Wildman–Crippen MR) is 106 cm³/mol. The van der Waals surface area contributed by atoms with Gasteiger partial charge in [0.05, 0.1) is 0 Å². The van der Waals surface area contributed by atoms with Gasteiger partial charge in [0, 0.05) is 24.7 Å². The average Bonchev–Trinajstić information content (AvgIpc) is 2.48. The Labute approximate surface area is 161 Å². The minimum Gasteiger partial charge on any atom is -0.465 e. The molecule has 4 N–H and O–H groups in total. The maximum atomic E-state index is 11.8. The summed E-state index contributed by atoms with van der Waals surface area (Å²) in [5.74, 6) is 0. The first kappa shape index (κ1) is 22.8. The highest BCUT2D eigenvalue weighted by Crippen LogP contribution is 2.15. The zero-order valence-electron chi connectivity index (χ0n) is 17.2. The van der Waals surface area contributed by atoms with Crippen LogP contribution in [-0.2, 0) is 17.7 Å². The van der Waals surface area contributed by atoms with Crippen LogP contribution in [0, 0.1) is 0 Å². The first-order chi connectivity index (χ1) is 12.3. The van der Waals surface area contributed by atoms with Crippen molar-refractivity contribution in [2.45, 2.75) is 71.7 Å². The van der Waals surface area contributed by atoms with E-state index in [1.807, 2.05) is 65.8 Å². The number of nitrogens with zero attached hydrogens (tertiary/aromatic N) is 1. The zero-order valence-corrected chi connectivity index (χ0v) is 17.2. The van der Waals surface area contributed by atoms with E-state index in [0.717, 1.165) is 11.1 Å². The number of amides is 2. The fourth-order valence-corrected chi connectivity index (χ4v) is 2.60. The molecule has 0 saturated heterocycles. The van der Waals surface area contributed by atoms with E-state index >= 15 is 0 Å². The summed E-state index contributed by atoms with van der Waals surface area (Å²) >= 11 is 0. The van der Waals surface area contributed by atoms with E-state index in [1.165, 1.54) is 4.90 Å². The Bertz CT molecular complexity index is 647. The van der Waals surface area contributed by atoms with Gasteiger partial charge in [-0.15, -0.1) is 0 Å². The lowest BCUT2D eigenvalue weighted by Crippen LogP contribution is -2.50. The summed E-state index contributed by atoms with van der Waals surface area (Å²) in [6.07, 6.45) is -0.903. The van der Waals surface area contributed by atoms with Crippen molar-refractivity contribution >= 4 is 12.2 Å². The Morgan fingerprint density at radius 1 is 1.19 bits per heavy atom. The highest BCUT2D eigenvalue weighted by Gasteiger charge is 2.27. The van der Waals surface area contributed by atoms with Crippen molar-refractivity contribution in [3.05, 3.63) is 35.4 Å². The molecule has 1 aromatic carbocycles. The van der Waals surface area contributed by atoms with Crippen LogP contribution in [0.1, 0.15) is 52.7 Å². The minimum absolute atomic E-state index is 0.249. The standard InChI is InChI=1S/C20H33N3O4/c1-19(2,3)23(18(25)26)13-16(21)11-14-8-7-9-15(10-14)12-22-17(24)27-20(4,5)6/h7-10,16H,11-13,21H2,1-6H3,(H,22,24)(H,25,26)/t16-/m0/s1. The lowest BCUT2D eigenvalue weighted by molar-refractivity contribution is 0.0523. The van der Waals surface area contributed by atoms with Crippen LogP contribution in [0.5, 0.6) is 0 Å². The van der Waals surface area contributed by atoms with Crippen molar-refractivity contribution in [3.63, 3.8) is 0 Å². The van der Waals surface area contributed by atoms with E-state index in [0.29, 0.717) is 13.0 Å². The van der Waals surface area contributed by atoms with E-state index in [2.05, 4.69) is 5.32 Å². The lowest BCUT2D eigenvalue weighted by Gasteiger charge is -2.35. The molecular weight excluding hydrogens is 346 g/mol. The second kappa shape index (κ2) is 9.08. The molecule has 1 atom stereocenters. The Balaban J connectivity index is 2.65. The number of ether oxygens (including phenoxy) is 1. The number of nitrogens with two attached hydrogens (primary N) is 1. The first-order valence-electron chi connectivity index (χ1n) is 9.09. The molecule has 152 valence electrons. The summed E-state index contributed by atoms with van der Waals surface area (Å²) in [5.41, 5.74) is 7.06. The van der Waals surface area contributed by atoms with Crippen LogP contribution >= 0.6 is 0 Å². The molecule has 0 aliphatic heterocycles. The van der Waals surface area contributed by atoms with Crippen LogP contribution in [-0.4, -0.2) is 45.9 Å². The molecule has 0 aromatic heterocycles. The second-order valence-corrected chi connectivity index (χ2v) is 8.70. The predicted octanol–water partition coefficient (Wildman–Crippen LogP) is 3.36. The summed E-state index contributed by atoms with van der Waals surface area (Å²) in [4.78, 5) is 24.6. The SMILES string of the molecule is CC(C)(C)OC(=O)NCc1cccc(C[C@H](N)CN(C(=O)O)C(C)(C)C)c1. The van der Waals surface area contributed by atoms with Crippen molar-refractivity contribution in [1.29, 1.82) is 0 Å².